The first kappa shape index (κ1) is 23.5. The molecule has 0 unspecified atom stereocenters. The SMILES string of the molecule is COc1ccc(-c2cc(C(=O)NCCN3CCN(C)CC3)c(-c3ccc([N+](=O)[O-])cc3)[nH]2)cc1. The molecule has 34 heavy (non-hydrogen) atoms. The highest BCUT2D eigenvalue weighted by Crippen LogP contribution is 2.31. The number of carbonyl (C=O) groups excluding carboxylic acids is 1. The van der Waals surface area contributed by atoms with E-state index in [4.69, 9.17) is 4.74 Å². The number of nitro groups is 1. The summed E-state index contributed by atoms with van der Waals surface area (Å²) < 4.78 is 5.24. The summed E-state index contributed by atoms with van der Waals surface area (Å²) in [5, 5.41) is 14.1. The van der Waals surface area contributed by atoms with E-state index in [2.05, 4.69) is 27.1 Å². The third kappa shape index (κ3) is 5.44. The summed E-state index contributed by atoms with van der Waals surface area (Å²) in [6.45, 7) is 5.38. The van der Waals surface area contributed by atoms with E-state index in [9.17, 15) is 14.9 Å². The normalized spacial score (nSPS) is 14.6. The maximum atomic E-state index is 13.2. The molecule has 1 aliphatic rings. The molecule has 0 radical (unpaired) electrons. The molecular formula is C25H29N5O4. The van der Waals surface area contributed by atoms with E-state index in [1.54, 1.807) is 19.2 Å². The molecular weight excluding hydrogens is 434 g/mol. The Labute approximate surface area is 198 Å². The monoisotopic (exact) mass is 463 g/mol. The molecule has 9 nitrogen and oxygen atoms in total. The van der Waals surface area contributed by atoms with Gasteiger partial charge in [0.05, 0.1) is 23.3 Å². The summed E-state index contributed by atoms with van der Waals surface area (Å²) in [6, 6.07) is 15.6. The lowest BCUT2D eigenvalue weighted by Gasteiger charge is -2.32. The van der Waals surface area contributed by atoms with Crippen LogP contribution < -0.4 is 10.1 Å². The first-order valence-corrected chi connectivity index (χ1v) is 11.3. The van der Waals surface area contributed by atoms with Crippen LogP contribution in [0, 0.1) is 10.1 Å². The second kappa shape index (κ2) is 10.5. The number of aromatic nitrogens is 1. The number of benzene rings is 2. The van der Waals surface area contributed by atoms with Gasteiger partial charge in [0.15, 0.2) is 0 Å². The maximum absolute atomic E-state index is 13.2. The van der Waals surface area contributed by atoms with E-state index in [0.29, 0.717) is 23.4 Å². The number of likely N-dealkylation sites (N-methyl/N-ethyl adjacent to an activating group) is 1. The van der Waals surface area contributed by atoms with Crippen molar-refractivity contribution in [3.8, 4) is 28.3 Å². The van der Waals surface area contributed by atoms with Gasteiger partial charge in [-0.2, -0.15) is 0 Å². The van der Waals surface area contributed by atoms with Gasteiger partial charge in [-0.3, -0.25) is 19.8 Å². The van der Waals surface area contributed by atoms with E-state index in [-0.39, 0.29) is 11.6 Å². The van der Waals surface area contributed by atoms with Crippen molar-refractivity contribution >= 4 is 11.6 Å². The summed E-state index contributed by atoms with van der Waals surface area (Å²) >= 11 is 0. The molecule has 178 valence electrons. The molecule has 1 aliphatic heterocycles. The van der Waals surface area contributed by atoms with Crippen molar-refractivity contribution in [2.45, 2.75) is 0 Å². The number of H-pyrrole nitrogens is 1. The van der Waals surface area contributed by atoms with Crippen molar-refractivity contribution in [1.82, 2.24) is 20.1 Å². The predicted molar refractivity (Wildman–Crippen MR) is 131 cm³/mol. The van der Waals surface area contributed by atoms with Crippen molar-refractivity contribution in [3.63, 3.8) is 0 Å². The van der Waals surface area contributed by atoms with Gasteiger partial charge in [-0.05, 0) is 60.6 Å². The van der Waals surface area contributed by atoms with E-state index in [1.807, 2.05) is 30.3 Å². The lowest BCUT2D eigenvalue weighted by Crippen LogP contribution is -2.46. The fourth-order valence-electron chi connectivity index (χ4n) is 4.03. The molecule has 1 amide bonds. The number of methoxy groups -OCH3 is 1. The molecule has 0 bridgehead atoms. The zero-order valence-electron chi connectivity index (χ0n) is 19.4. The van der Waals surface area contributed by atoms with Gasteiger partial charge >= 0.3 is 0 Å². The standard InChI is InChI=1S/C25H29N5O4/c1-28-13-15-29(16-14-28)12-11-26-25(31)22-17-23(18-5-9-21(34-2)10-6-18)27-24(22)19-3-7-20(8-4-19)30(32)33/h3-10,17,27H,11-16H2,1-2H3,(H,26,31). The molecule has 3 aromatic rings. The molecule has 4 rings (SSSR count). The molecule has 2 N–H and O–H groups in total. The Morgan fingerprint density at radius 2 is 1.71 bits per heavy atom. The number of carbonyl (C=O) groups is 1. The summed E-state index contributed by atoms with van der Waals surface area (Å²) in [5.41, 5.74) is 3.51. The van der Waals surface area contributed by atoms with Gasteiger partial charge in [0, 0.05) is 57.1 Å². The van der Waals surface area contributed by atoms with Crippen molar-refractivity contribution in [2.24, 2.45) is 0 Å². The highest BCUT2D eigenvalue weighted by Gasteiger charge is 2.19. The summed E-state index contributed by atoms with van der Waals surface area (Å²) in [7, 11) is 3.73. The zero-order chi connectivity index (χ0) is 24.1. The van der Waals surface area contributed by atoms with E-state index < -0.39 is 4.92 Å². The zero-order valence-corrected chi connectivity index (χ0v) is 19.4. The minimum absolute atomic E-state index is 0.00358. The van der Waals surface area contributed by atoms with Crippen LogP contribution in [0.5, 0.6) is 5.75 Å². The smallest absolute Gasteiger partial charge is 0.269 e. The van der Waals surface area contributed by atoms with Gasteiger partial charge in [0.2, 0.25) is 0 Å². The maximum Gasteiger partial charge on any atom is 0.269 e. The van der Waals surface area contributed by atoms with Crippen LogP contribution >= 0.6 is 0 Å². The fourth-order valence-corrected chi connectivity index (χ4v) is 4.03. The second-order valence-corrected chi connectivity index (χ2v) is 8.40. The van der Waals surface area contributed by atoms with Crippen LogP contribution in [0.1, 0.15) is 10.4 Å². The summed E-state index contributed by atoms with van der Waals surface area (Å²) in [6.07, 6.45) is 0. The summed E-state index contributed by atoms with van der Waals surface area (Å²) in [5.74, 6) is 0.561. The van der Waals surface area contributed by atoms with Crippen LogP contribution in [0.3, 0.4) is 0 Å². The van der Waals surface area contributed by atoms with Crippen LogP contribution in [0.25, 0.3) is 22.5 Å². The lowest BCUT2D eigenvalue weighted by atomic mass is 10.1. The van der Waals surface area contributed by atoms with Crippen molar-refractivity contribution in [3.05, 3.63) is 70.3 Å². The Bertz CT molecular complexity index is 1130. The van der Waals surface area contributed by atoms with Crippen molar-refractivity contribution < 1.29 is 14.5 Å². The number of rotatable bonds is 8. The molecule has 0 atom stereocenters. The first-order valence-electron chi connectivity index (χ1n) is 11.3. The highest BCUT2D eigenvalue weighted by atomic mass is 16.6. The predicted octanol–water partition coefficient (Wildman–Crippen LogP) is 3.24. The quantitative estimate of drug-likeness (QED) is 0.393. The van der Waals surface area contributed by atoms with E-state index in [1.165, 1.54) is 12.1 Å². The number of ether oxygens (including phenoxy) is 1. The average Bonchev–Trinajstić information content (AvgIpc) is 3.31. The minimum atomic E-state index is -0.437. The highest BCUT2D eigenvalue weighted by molar-refractivity contribution is 6.01. The number of nitrogens with zero attached hydrogens (tertiary/aromatic N) is 3. The Morgan fingerprint density at radius 1 is 1.06 bits per heavy atom. The van der Waals surface area contributed by atoms with Gasteiger partial charge in [-0.1, -0.05) is 0 Å². The Kier molecular flexibility index (Phi) is 7.24. The second-order valence-electron chi connectivity index (χ2n) is 8.40. The molecule has 0 saturated carbocycles. The topological polar surface area (TPSA) is 104 Å². The van der Waals surface area contributed by atoms with E-state index >= 15 is 0 Å². The number of hydrogen-bond donors (Lipinski definition) is 2. The van der Waals surface area contributed by atoms with Crippen LogP contribution in [0.2, 0.25) is 0 Å². The molecule has 9 heteroatoms. The third-order valence-electron chi connectivity index (χ3n) is 6.14. The van der Waals surface area contributed by atoms with Gasteiger partial charge in [0.25, 0.3) is 11.6 Å². The number of aromatic amines is 1. The Balaban J connectivity index is 1.56. The Morgan fingerprint density at radius 3 is 2.32 bits per heavy atom. The minimum Gasteiger partial charge on any atom is -0.497 e. The van der Waals surface area contributed by atoms with Crippen molar-refractivity contribution in [2.75, 3.05) is 53.4 Å². The number of nitrogens with one attached hydrogen (secondary N) is 2. The van der Waals surface area contributed by atoms with Gasteiger partial charge in [0.1, 0.15) is 5.75 Å². The van der Waals surface area contributed by atoms with E-state index in [0.717, 1.165) is 49.7 Å². The van der Waals surface area contributed by atoms with Gasteiger partial charge < -0.3 is 19.9 Å². The van der Waals surface area contributed by atoms with Crippen LogP contribution in [0.15, 0.2) is 54.6 Å². The third-order valence-corrected chi connectivity index (χ3v) is 6.14. The average molecular weight is 464 g/mol. The molecule has 1 aromatic heterocycles. The molecule has 0 aliphatic carbocycles. The van der Waals surface area contributed by atoms with Gasteiger partial charge in [-0.15, -0.1) is 0 Å². The van der Waals surface area contributed by atoms with Gasteiger partial charge in [-0.25, -0.2) is 0 Å². The number of piperazine rings is 1. The number of amides is 1. The van der Waals surface area contributed by atoms with Crippen LogP contribution in [0.4, 0.5) is 5.69 Å². The molecule has 2 heterocycles. The molecule has 2 aromatic carbocycles. The van der Waals surface area contributed by atoms with Crippen molar-refractivity contribution in [1.29, 1.82) is 0 Å². The number of hydrogen-bond acceptors (Lipinski definition) is 6. The number of non-ortho nitro benzene ring substituents is 1. The summed E-state index contributed by atoms with van der Waals surface area (Å²) in [4.78, 5) is 31.8. The number of nitro benzene ring substituents is 1. The molecule has 1 fully saturated rings. The molecule has 1 saturated heterocycles. The molecule has 0 spiro atoms. The van der Waals surface area contributed by atoms with Crippen LogP contribution in [-0.2, 0) is 0 Å². The largest absolute Gasteiger partial charge is 0.497 e. The lowest BCUT2D eigenvalue weighted by molar-refractivity contribution is -0.384. The first-order chi connectivity index (χ1) is 16.4. The Hall–Kier alpha value is -3.69. The van der Waals surface area contributed by atoms with Crippen LogP contribution in [-0.4, -0.2) is 79.0 Å². The fraction of sp³-hybridized carbons (Fsp3) is 0.320.